The SMILES string of the molecule is Cc1cc(NC(=O)CCCn2nnc3ccccc3c2=O)no1. The van der Waals surface area contributed by atoms with Gasteiger partial charge < -0.3 is 9.84 Å². The van der Waals surface area contributed by atoms with E-state index in [-0.39, 0.29) is 17.9 Å². The van der Waals surface area contributed by atoms with Crippen LogP contribution in [0.5, 0.6) is 0 Å². The highest BCUT2D eigenvalue weighted by Crippen LogP contribution is 2.08. The highest BCUT2D eigenvalue weighted by atomic mass is 16.5. The molecule has 118 valence electrons. The fraction of sp³-hybridized carbons (Fsp3) is 0.267. The number of carbonyl (C=O) groups is 1. The van der Waals surface area contributed by atoms with Crippen LogP contribution >= 0.6 is 0 Å². The zero-order valence-corrected chi connectivity index (χ0v) is 12.5. The van der Waals surface area contributed by atoms with Crippen LogP contribution in [0.25, 0.3) is 10.9 Å². The van der Waals surface area contributed by atoms with Crippen LogP contribution in [0.15, 0.2) is 39.6 Å². The van der Waals surface area contributed by atoms with Gasteiger partial charge in [-0.2, -0.15) is 0 Å². The number of aromatic nitrogens is 4. The van der Waals surface area contributed by atoms with Crippen molar-refractivity contribution < 1.29 is 9.32 Å². The maximum absolute atomic E-state index is 12.2. The summed E-state index contributed by atoms with van der Waals surface area (Å²) in [5, 5.41) is 14.7. The molecule has 0 fully saturated rings. The number of fused-ring (bicyclic) bond motifs is 1. The number of amides is 1. The molecule has 0 bridgehead atoms. The van der Waals surface area contributed by atoms with Crippen LogP contribution in [-0.4, -0.2) is 26.1 Å². The van der Waals surface area contributed by atoms with Crippen molar-refractivity contribution >= 4 is 22.6 Å². The normalized spacial score (nSPS) is 10.8. The van der Waals surface area contributed by atoms with E-state index in [0.29, 0.717) is 35.4 Å². The number of nitrogens with zero attached hydrogens (tertiary/aromatic N) is 4. The molecular formula is C15H15N5O3. The van der Waals surface area contributed by atoms with Gasteiger partial charge in [0.1, 0.15) is 11.3 Å². The van der Waals surface area contributed by atoms with Crippen molar-refractivity contribution in [3.8, 4) is 0 Å². The Hall–Kier alpha value is -3.03. The van der Waals surface area contributed by atoms with Crippen molar-refractivity contribution in [2.24, 2.45) is 0 Å². The summed E-state index contributed by atoms with van der Waals surface area (Å²) in [5.41, 5.74) is 0.357. The van der Waals surface area contributed by atoms with Crippen LogP contribution < -0.4 is 10.9 Å². The van der Waals surface area contributed by atoms with Crippen molar-refractivity contribution in [2.45, 2.75) is 26.3 Å². The van der Waals surface area contributed by atoms with Gasteiger partial charge in [-0.25, -0.2) is 4.68 Å². The second-order valence-electron chi connectivity index (χ2n) is 5.11. The van der Waals surface area contributed by atoms with E-state index in [1.54, 1.807) is 37.3 Å². The van der Waals surface area contributed by atoms with Gasteiger partial charge in [0, 0.05) is 19.0 Å². The summed E-state index contributed by atoms with van der Waals surface area (Å²) in [6.07, 6.45) is 0.711. The number of anilines is 1. The number of carbonyl (C=O) groups excluding carboxylic acids is 1. The minimum atomic E-state index is -0.205. The second-order valence-corrected chi connectivity index (χ2v) is 5.11. The summed E-state index contributed by atoms with van der Waals surface area (Å²) in [4.78, 5) is 24.0. The third kappa shape index (κ3) is 3.42. The van der Waals surface area contributed by atoms with E-state index in [2.05, 4.69) is 20.8 Å². The first-order valence-corrected chi connectivity index (χ1v) is 7.19. The number of hydrogen-bond donors (Lipinski definition) is 1. The minimum absolute atomic E-state index is 0.194. The Morgan fingerprint density at radius 3 is 2.96 bits per heavy atom. The number of hydrogen-bond acceptors (Lipinski definition) is 6. The highest BCUT2D eigenvalue weighted by molar-refractivity contribution is 5.89. The molecule has 8 heteroatoms. The van der Waals surface area contributed by atoms with Crippen LogP contribution in [0, 0.1) is 6.92 Å². The Bertz CT molecular complexity index is 899. The summed E-state index contributed by atoms with van der Waals surface area (Å²) < 4.78 is 6.14. The molecule has 0 unspecified atom stereocenters. The summed E-state index contributed by atoms with van der Waals surface area (Å²) in [5.74, 6) is 0.813. The van der Waals surface area contributed by atoms with Crippen molar-refractivity contribution in [3.05, 3.63) is 46.4 Å². The fourth-order valence-electron chi connectivity index (χ4n) is 2.19. The van der Waals surface area contributed by atoms with Gasteiger partial charge in [0.25, 0.3) is 5.56 Å². The van der Waals surface area contributed by atoms with Gasteiger partial charge in [-0.3, -0.25) is 9.59 Å². The van der Waals surface area contributed by atoms with E-state index in [1.807, 2.05) is 0 Å². The molecule has 1 amide bonds. The average molecular weight is 313 g/mol. The first-order chi connectivity index (χ1) is 11.1. The summed E-state index contributed by atoms with van der Waals surface area (Å²) >= 11 is 0. The molecule has 23 heavy (non-hydrogen) atoms. The van der Waals surface area contributed by atoms with Gasteiger partial charge in [-0.05, 0) is 25.5 Å². The zero-order chi connectivity index (χ0) is 16.2. The standard InChI is InChI=1S/C15H15N5O3/c1-10-9-13(18-23-10)16-14(21)7-4-8-20-15(22)11-5-2-3-6-12(11)17-19-20/h2-3,5-6,9H,4,7-8H2,1H3,(H,16,18,21). The lowest BCUT2D eigenvalue weighted by Crippen LogP contribution is -2.25. The summed E-state index contributed by atoms with van der Waals surface area (Å²) in [6, 6.07) is 8.67. The smallest absolute Gasteiger partial charge is 0.277 e. The molecule has 8 nitrogen and oxygen atoms in total. The van der Waals surface area contributed by atoms with E-state index in [9.17, 15) is 9.59 Å². The minimum Gasteiger partial charge on any atom is -0.360 e. The monoisotopic (exact) mass is 313 g/mol. The third-order valence-electron chi connectivity index (χ3n) is 3.30. The second kappa shape index (κ2) is 6.39. The van der Waals surface area contributed by atoms with E-state index in [0.717, 1.165) is 0 Å². The van der Waals surface area contributed by atoms with Crippen molar-refractivity contribution in [2.75, 3.05) is 5.32 Å². The number of benzene rings is 1. The Balaban J connectivity index is 1.59. The highest BCUT2D eigenvalue weighted by Gasteiger charge is 2.08. The quantitative estimate of drug-likeness (QED) is 0.766. The first-order valence-electron chi connectivity index (χ1n) is 7.19. The molecule has 0 atom stereocenters. The average Bonchev–Trinajstić information content (AvgIpc) is 2.95. The zero-order valence-electron chi connectivity index (χ0n) is 12.5. The summed E-state index contributed by atoms with van der Waals surface area (Å²) in [6.45, 7) is 2.06. The van der Waals surface area contributed by atoms with Gasteiger partial charge >= 0.3 is 0 Å². The van der Waals surface area contributed by atoms with Crippen LogP contribution in [0.2, 0.25) is 0 Å². The Kier molecular flexibility index (Phi) is 4.13. The molecule has 1 aromatic carbocycles. The number of aryl methyl sites for hydroxylation is 2. The lowest BCUT2D eigenvalue weighted by molar-refractivity contribution is -0.116. The summed E-state index contributed by atoms with van der Waals surface area (Å²) in [7, 11) is 0. The van der Waals surface area contributed by atoms with E-state index in [1.165, 1.54) is 4.68 Å². The van der Waals surface area contributed by atoms with Crippen LogP contribution in [0.1, 0.15) is 18.6 Å². The first kappa shape index (κ1) is 14.9. The molecule has 0 aliphatic heterocycles. The lowest BCUT2D eigenvalue weighted by Gasteiger charge is -2.04. The Labute approximate surface area is 131 Å². The van der Waals surface area contributed by atoms with Crippen LogP contribution in [0.4, 0.5) is 5.82 Å². The van der Waals surface area contributed by atoms with Crippen LogP contribution in [-0.2, 0) is 11.3 Å². The molecule has 0 saturated heterocycles. The van der Waals surface area contributed by atoms with E-state index < -0.39 is 0 Å². The van der Waals surface area contributed by atoms with Gasteiger partial charge in [0.15, 0.2) is 5.82 Å². The van der Waals surface area contributed by atoms with Gasteiger partial charge in [0.05, 0.1) is 5.39 Å². The van der Waals surface area contributed by atoms with Crippen molar-refractivity contribution in [1.29, 1.82) is 0 Å². The predicted octanol–water partition coefficient (Wildman–Crippen LogP) is 1.51. The number of rotatable bonds is 5. The molecule has 2 heterocycles. The topological polar surface area (TPSA) is 103 Å². The molecular weight excluding hydrogens is 298 g/mol. The van der Waals surface area contributed by atoms with Crippen LogP contribution in [0.3, 0.4) is 0 Å². The molecule has 1 N–H and O–H groups in total. The fourth-order valence-corrected chi connectivity index (χ4v) is 2.19. The predicted molar refractivity (Wildman–Crippen MR) is 82.9 cm³/mol. The molecule has 0 radical (unpaired) electrons. The maximum atomic E-state index is 12.2. The lowest BCUT2D eigenvalue weighted by atomic mass is 10.2. The third-order valence-corrected chi connectivity index (χ3v) is 3.30. The Morgan fingerprint density at radius 2 is 2.17 bits per heavy atom. The Morgan fingerprint density at radius 1 is 1.35 bits per heavy atom. The van der Waals surface area contributed by atoms with E-state index >= 15 is 0 Å². The van der Waals surface area contributed by atoms with E-state index in [4.69, 9.17) is 4.52 Å². The maximum Gasteiger partial charge on any atom is 0.277 e. The molecule has 0 aliphatic carbocycles. The largest absolute Gasteiger partial charge is 0.360 e. The van der Waals surface area contributed by atoms with Gasteiger partial charge in [-0.15, -0.1) is 5.10 Å². The number of nitrogens with one attached hydrogen (secondary N) is 1. The molecule has 2 aromatic heterocycles. The van der Waals surface area contributed by atoms with Gasteiger partial charge in [-0.1, -0.05) is 22.5 Å². The molecule has 3 rings (SSSR count). The molecule has 0 spiro atoms. The van der Waals surface area contributed by atoms with Gasteiger partial charge in [0.2, 0.25) is 5.91 Å². The van der Waals surface area contributed by atoms with Crippen molar-refractivity contribution in [3.63, 3.8) is 0 Å². The van der Waals surface area contributed by atoms with Crippen molar-refractivity contribution in [1.82, 2.24) is 20.2 Å². The molecule has 0 aliphatic rings. The molecule has 0 saturated carbocycles. The molecule has 3 aromatic rings.